The lowest BCUT2D eigenvalue weighted by Gasteiger charge is -2.34. The van der Waals surface area contributed by atoms with E-state index in [9.17, 15) is 9.59 Å². The molecule has 0 aliphatic carbocycles. The number of oxime groups is 1. The Labute approximate surface area is 98.2 Å². The molecular weight excluding hydrogens is 228 g/mol. The number of nitrogens with two attached hydrogens (primary N) is 2. The first-order valence-electron chi connectivity index (χ1n) is 5.14. The molecule has 0 radical (unpaired) electrons. The van der Waals surface area contributed by atoms with Crippen molar-refractivity contribution in [1.29, 1.82) is 0 Å². The van der Waals surface area contributed by atoms with Crippen molar-refractivity contribution >= 4 is 17.6 Å². The highest BCUT2D eigenvalue weighted by atomic mass is 16.5. The maximum Gasteiger partial charge on any atom is 0.242 e. The summed E-state index contributed by atoms with van der Waals surface area (Å²) in [6.45, 7) is 2.16. The number of carbonyl (C=O) groups is 2. The fourth-order valence-corrected chi connectivity index (χ4v) is 1.57. The van der Waals surface area contributed by atoms with E-state index in [1.807, 2.05) is 0 Å². The summed E-state index contributed by atoms with van der Waals surface area (Å²) in [5.41, 5.74) is 10.5. The molecule has 1 aliphatic heterocycles. The fourth-order valence-electron chi connectivity index (χ4n) is 1.57. The molecule has 96 valence electrons. The van der Waals surface area contributed by atoms with Crippen LogP contribution in [0.3, 0.4) is 0 Å². The van der Waals surface area contributed by atoms with Gasteiger partial charge in [-0.2, -0.15) is 0 Å². The Morgan fingerprint density at radius 3 is 2.71 bits per heavy atom. The molecule has 0 saturated carbocycles. The zero-order valence-electron chi connectivity index (χ0n) is 9.50. The molecule has 1 saturated heterocycles. The lowest BCUT2D eigenvalue weighted by atomic mass is 10.1. The number of primary amides is 1. The Morgan fingerprint density at radius 2 is 2.18 bits per heavy atom. The van der Waals surface area contributed by atoms with Gasteiger partial charge in [-0.25, -0.2) is 0 Å². The van der Waals surface area contributed by atoms with Crippen molar-refractivity contribution in [2.45, 2.75) is 13.0 Å². The Balaban J connectivity index is 2.81. The molecule has 8 nitrogen and oxygen atoms in total. The van der Waals surface area contributed by atoms with E-state index in [4.69, 9.17) is 21.4 Å². The van der Waals surface area contributed by atoms with Gasteiger partial charge in [-0.3, -0.25) is 9.59 Å². The largest absolute Gasteiger partial charge is 0.409 e. The predicted octanol–water partition coefficient (Wildman–Crippen LogP) is -1.92. The number of amides is 2. The molecule has 5 N–H and O–H groups in total. The van der Waals surface area contributed by atoms with E-state index in [-0.39, 0.29) is 19.0 Å². The minimum absolute atomic E-state index is 0.0734. The summed E-state index contributed by atoms with van der Waals surface area (Å²) in [4.78, 5) is 24.5. The molecule has 0 aromatic rings. The normalized spacial score (nSPS) is 23.2. The van der Waals surface area contributed by atoms with Crippen molar-refractivity contribution in [2.24, 2.45) is 22.5 Å². The number of amidine groups is 1. The lowest BCUT2D eigenvalue weighted by Crippen LogP contribution is -2.57. The van der Waals surface area contributed by atoms with Crippen LogP contribution in [0.4, 0.5) is 0 Å². The maximum atomic E-state index is 12.0. The second kappa shape index (κ2) is 5.48. The Morgan fingerprint density at radius 1 is 1.53 bits per heavy atom. The van der Waals surface area contributed by atoms with Crippen LogP contribution in [-0.2, 0) is 14.3 Å². The predicted molar refractivity (Wildman–Crippen MR) is 58.1 cm³/mol. The van der Waals surface area contributed by atoms with Gasteiger partial charge in [0.25, 0.3) is 0 Å². The average Bonchev–Trinajstić information content (AvgIpc) is 2.35. The van der Waals surface area contributed by atoms with Crippen LogP contribution in [0.5, 0.6) is 0 Å². The Bertz CT molecular complexity index is 344. The number of ether oxygens (including phenoxy) is 1. The van der Waals surface area contributed by atoms with Crippen LogP contribution in [0, 0.1) is 5.92 Å². The van der Waals surface area contributed by atoms with E-state index in [0.717, 1.165) is 0 Å². The molecule has 8 heteroatoms. The van der Waals surface area contributed by atoms with Crippen molar-refractivity contribution in [3.05, 3.63) is 0 Å². The van der Waals surface area contributed by atoms with Gasteiger partial charge in [0, 0.05) is 6.54 Å². The first kappa shape index (κ1) is 13.2. The van der Waals surface area contributed by atoms with Crippen molar-refractivity contribution in [3.8, 4) is 0 Å². The monoisotopic (exact) mass is 244 g/mol. The van der Waals surface area contributed by atoms with Gasteiger partial charge >= 0.3 is 0 Å². The second-order valence-electron chi connectivity index (χ2n) is 3.77. The molecular formula is C9H16N4O4. The summed E-state index contributed by atoms with van der Waals surface area (Å²) < 4.78 is 5.08. The molecule has 0 aromatic carbocycles. The summed E-state index contributed by atoms with van der Waals surface area (Å²) in [5.74, 6) is -2.05. The van der Waals surface area contributed by atoms with Gasteiger partial charge in [-0.15, -0.1) is 0 Å². The molecule has 2 atom stereocenters. The fraction of sp³-hybridized carbons (Fsp3) is 0.667. The Hall–Kier alpha value is -1.83. The van der Waals surface area contributed by atoms with Crippen LogP contribution in [-0.4, -0.2) is 53.6 Å². The van der Waals surface area contributed by atoms with Crippen LogP contribution >= 0.6 is 0 Å². The molecule has 1 heterocycles. The molecule has 0 aromatic heterocycles. The van der Waals surface area contributed by atoms with Crippen molar-refractivity contribution < 1.29 is 19.5 Å². The van der Waals surface area contributed by atoms with Crippen LogP contribution in [0.15, 0.2) is 5.16 Å². The van der Waals surface area contributed by atoms with Crippen LogP contribution in [0.2, 0.25) is 0 Å². The third-order valence-corrected chi connectivity index (χ3v) is 2.67. The topological polar surface area (TPSA) is 131 Å². The van der Waals surface area contributed by atoms with Crippen molar-refractivity contribution in [3.63, 3.8) is 0 Å². The molecule has 1 fully saturated rings. The average molecular weight is 244 g/mol. The second-order valence-corrected chi connectivity index (χ2v) is 3.77. The number of hydrogen-bond acceptors (Lipinski definition) is 5. The van der Waals surface area contributed by atoms with Gasteiger partial charge in [0.2, 0.25) is 11.8 Å². The zero-order chi connectivity index (χ0) is 13.0. The van der Waals surface area contributed by atoms with Gasteiger partial charge in [-0.05, 0) is 6.92 Å². The van der Waals surface area contributed by atoms with Gasteiger partial charge in [0.15, 0.2) is 5.84 Å². The molecule has 1 rings (SSSR count). The standard InChI is InChI=1S/C9H16N4O4/c1-5(7(10)12-16)9(15)13-2-3-17-4-6(13)8(11)14/h5-6,16H,2-4H2,1H3,(H2,10,12)(H2,11,14). The summed E-state index contributed by atoms with van der Waals surface area (Å²) in [5, 5.41) is 11.3. The molecule has 0 spiro atoms. The van der Waals surface area contributed by atoms with Gasteiger partial charge in [0.05, 0.1) is 19.1 Å². The SMILES string of the molecule is CC(C(=O)N1CCOCC1C(N)=O)C(N)=NO. The zero-order valence-corrected chi connectivity index (χ0v) is 9.50. The van der Waals surface area contributed by atoms with Crippen LogP contribution < -0.4 is 11.5 Å². The lowest BCUT2D eigenvalue weighted by molar-refractivity contribution is -0.148. The first-order valence-corrected chi connectivity index (χ1v) is 5.14. The molecule has 17 heavy (non-hydrogen) atoms. The summed E-state index contributed by atoms with van der Waals surface area (Å²) in [6.07, 6.45) is 0. The first-order chi connectivity index (χ1) is 7.99. The third kappa shape index (κ3) is 2.84. The molecule has 2 amide bonds. The van der Waals surface area contributed by atoms with E-state index in [2.05, 4.69) is 5.16 Å². The molecule has 0 bridgehead atoms. The van der Waals surface area contributed by atoms with Crippen molar-refractivity contribution in [1.82, 2.24) is 4.90 Å². The number of carbonyl (C=O) groups excluding carboxylic acids is 2. The highest BCUT2D eigenvalue weighted by Gasteiger charge is 2.34. The van der Waals surface area contributed by atoms with Gasteiger partial charge < -0.3 is 26.3 Å². The quantitative estimate of drug-likeness (QED) is 0.230. The maximum absolute atomic E-state index is 12.0. The van der Waals surface area contributed by atoms with E-state index < -0.39 is 23.8 Å². The molecule has 1 aliphatic rings. The number of rotatable bonds is 3. The smallest absolute Gasteiger partial charge is 0.242 e. The van der Waals surface area contributed by atoms with Gasteiger partial charge in [-0.1, -0.05) is 5.16 Å². The Kier molecular flexibility index (Phi) is 4.27. The minimum atomic E-state index is -0.806. The van der Waals surface area contributed by atoms with E-state index in [1.54, 1.807) is 0 Å². The van der Waals surface area contributed by atoms with Crippen LogP contribution in [0.25, 0.3) is 0 Å². The highest BCUT2D eigenvalue weighted by Crippen LogP contribution is 2.11. The number of morpholine rings is 1. The third-order valence-electron chi connectivity index (χ3n) is 2.67. The van der Waals surface area contributed by atoms with E-state index >= 15 is 0 Å². The van der Waals surface area contributed by atoms with Gasteiger partial charge in [0.1, 0.15) is 6.04 Å². The summed E-state index contributed by atoms with van der Waals surface area (Å²) in [6, 6.07) is -0.801. The number of hydrogen-bond donors (Lipinski definition) is 3. The minimum Gasteiger partial charge on any atom is -0.409 e. The highest BCUT2D eigenvalue weighted by molar-refractivity contribution is 6.02. The summed E-state index contributed by atoms with van der Waals surface area (Å²) in [7, 11) is 0. The van der Waals surface area contributed by atoms with E-state index in [0.29, 0.717) is 6.61 Å². The van der Waals surface area contributed by atoms with Crippen LogP contribution in [0.1, 0.15) is 6.92 Å². The molecule has 2 unspecified atom stereocenters. The number of nitrogens with zero attached hydrogens (tertiary/aromatic N) is 2. The summed E-state index contributed by atoms with van der Waals surface area (Å²) >= 11 is 0. The van der Waals surface area contributed by atoms with Crippen molar-refractivity contribution in [2.75, 3.05) is 19.8 Å². The van der Waals surface area contributed by atoms with E-state index in [1.165, 1.54) is 11.8 Å².